The third kappa shape index (κ3) is 4.93. The fourth-order valence-corrected chi connectivity index (χ4v) is 2.28. The molecule has 4 nitrogen and oxygen atoms in total. The van der Waals surface area contributed by atoms with E-state index in [4.69, 9.17) is 4.42 Å². The summed E-state index contributed by atoms with van der Waals surface area (Å²) in [6.45, 7) is 9.47. The number of rotatable bonds is 5. The van der Waals surface area contributed by atoms with Crippen molar-refractivity contribution in [2.24, 2.45) is 0 Å². The van der Waals surface area contributed by atoms with Gasteiger partial charge in [-0.3, -0.25) is 0 Å². The van der Waals surface area contributed by atoms with Crippen molar-refractivity contribution in [1.29, 1.82) is 0 Å². The van der Waals surface area contributed by atoms with Gasteiger partial charge in [0.05, 0.1) is 0 Å². The minimum atomic E-state index is 0.147. The first-order valence-corrected chi connectivity index (χ1v) is 7.98. The Balaban J connectivity index is 1.93. The number of hydrogen-bond acceptors (Lipinski definition) is 4. The van der Waals surface area contributed by atoms with Gasteiger partial charge in [-0.1, -0.05) is 22.0 Å². The van der Waals surface area contributed by atoms with E-state index in [0.29, 0.717) is 11.8 Å². The molecule has 1 aromatic carbocycles. The minimum absolute atomic E-state index is 0.147. The highest BCUT2D eigenvalue weighted by atomic mass is 79.9. The lowest BCUT2D eigenvalue weighted by Gasteiger charge is -2.19. The molecule has 0 unspecified atom stereocenters. The molecule has 0 atom stereocenters. The van der Waals surface area contributed by atoms with Crippen LogP contribution in [-0.2, 0) is 6.42 Å². The Morgan fingerprint density at radius 3 is 2.67 bits per heavy atom. The largest absolute Gasteiger partial charge is 0.421 e. The van der Waals surface area contributed by atoms with Crippen molar-refractivity contribution in [2.45, 2.75) is 46.1 Å². The van der Waals surface area contributed by atoms with Crippen molar-refractivity contribution in [3.05, 3.63) is 34.1 Å². The summed E-state index contributed by atoms with van der Waals surface area (Å²) in [6, 6.07) is 6.04. The first-order chi connectivity index (χ1) is 9.85. The standard InChI is InChI=1S/C16H22BrN3O/c1-11-7-8-12(10-13(11)17)15-20-19-14(21-15)6-5-9-18-16(2,3)4/h7-8,10,18H,5-6,9H2,1-4H3. The van der Waals surface area contributed by atoms with Gasteiger partial charge in [0.25, 0.3) is 0 Å². The van der Waals surface area contributed by atoms with Crippen LogP contribution >= 0.6 is 15.9 Å². The number of benzene rings is 1. The summed E-state index contributed by atoms with van der Waals surface area (Å²) in [4.78, 5) is 0. The maximum absolute atomic E-state index is 5.73. The average Bonchev–Trinajstić information content (AvgIpc) is 2.86. The van der Waals surface area contributed by atoms with Crippen LogP contribution in [0, 0.1) is 6.92 Å². The second-order valence-electron chi connectivity index (χ2n) is 6.25. The molecule has 0 fully saturated rings. The van der Waals surface area contributed by atoms with Crippen molar-refractivity contribution < 1.29 is 4.42 Å². The minimum Gasteiger partial charge on any atom is -0.421 e. The lowest BCUT2D eigenvalue weighted by atomic mass is 10.1. The quantitative estimate of drug-likeness (QED) is 0.822. The van der Waals surface area contributed by atoms with Crippen molar-refractivity contribution in [1.82, 2.24) is 15.5 Å². The van der Waals surface area contributed by atoms with E-state index in [1.807, 2.05) is 18.2 Å². The first kappa shape index (κ1) is 16.2. The van der Waals surface area contributed by atoms with Gasteiger partial charge in [0.1, 0.15) is 0 Å². The van der Waals surface area contributed by atoms with Gasteiger partial charge >= 0.3 is 0 Å². The summed E-state index contributed by atoms with van der Waals surface area (Å²) in [5.41, 5.74) is 2.28. The highest BCUT2D eigenvalue weighted by molar-refractivity contribution is 9.10. The molecule has 1 heterocycles. The molecule has 1 aromatic heterocycles. The fourth-order valence-electron chi connectivity index (χ4n) is 1.90. The molecule has 1 N–H and O–H groups in total. The molecule has 0 aliphatic carbocycles. The second-order valence-corrected chi connectivity index (χ2v) is 7.10. The molecule has 2 aromatic rings. The van der Waals surface area contributed by atoms with Gasteiger partial charge in [-0.15, -0.1) is 10.2 Å². The predicted octanol–water partition coefficient (Wildman–Crippen LogP) is 4.13. The summed E-state index contributed by atoms with van der Waals surface area (Å²) in [5, 5.41) is 11.7. The Labute approximate surface area is 134 Å². The van der Waals surface area contributed by atoms with Crippen LogP contribution in [0.5, 0.6) is 0 Å². The van der Waals surface area contributed by atoms with Crippen molar-refractivity contribution >= 4 is 15.9 Å². The molecule has 2 rings (SSSR count). The summed E-state index contributed by atoms with van der Waals surface area (Å²) < 4.78 is 6.78. The summed E-state index contributed by atoms with van der Waals surface area (Å²) in [5.74, 6) is 1.27. The maximum Gasteiger partial charge on any atom is 0.247 e. The number of halogens is 1. The zero-order valence-electron chi connectivity index (χ0n) is 13.0. The van der Waals surface area contributed by atoms with E-state index in [2.05, 4.69) is 59.1 Å². The lowest BCUT2D eigenvalue weighted by molar-refractivity contribution is 0.412. The molecule has 5 heteroatoms. The molecule has 0 amide bonds. The number of hydrogen-bond donors (Lipinski definition) is 1. The van der Waals surface area contributed by atoms with E-state index in [0.717, 1.165) is 29.4 Å². The molecule has 0 aliphatic rings. The first-order valence-electron chi connectivity index (χ1n) is 7.19. The molecular weight excluding hydrogens is 330 g/mol. The third-order valence-electron chi connectivity index (χ3n) is 3.11. The zero-order chi connectivity index (χ0) is 15.5. The van der Waals surface area contributed by atoms with E-state index >= 15 is 0 Å². The van der Waals surface area contributed by atoms with Crippen LogP contribution in [0.2, 0.25) is 0 Å². The highest BCUT2D eigenvalue weighted by Gasteiger charge is 2.11. The fraction of sp³-hybridized carbons (Fsp3) is 0.500. The molecule has 0 aliphatic heterocycles. The van der Waals surface area contributed by atoms with Crippen molar-refractivity contribution in [3.8, 4) is 11.5 Å². The third-order valence-corrected chi connectivity index (χ3v) is 3.96. The second kappa shape index (κ2) is 6.71. The van der Waals surface area contributed by atoms with Gasteiger partial charge < -0.3 is 9.73 Å². The van der Waals surface area contributed by atoms with Gasteiger partial charge in [-0.25, -0.2) is 0 Å². The molecule has 21 heavy (non-hydrogen) atoms. The average molecular weight is 352 g/mol. The lowest BCUT2D eigenvalue weighted by Crippen LogP contribution is -2.36. The molecule has 0 saturated carbocycles. The van der Waals surface area contributed by atoms with E-state index in [-0.39, 0.29) is 5.54 Å². The SMILES string of the molecule is Cc1ccc(-c2nnc(CCCNC(C)(C)C)o2)cc1Br. The molecular formula is C16H22BrN3O. The Kier molecular flexibility index (Phi) is 5.17. The number of nitrogens with one attached hydrogen (secondary N) is 1. The van der Waals surface area contributed by atoms with Gasteiger partial charge in [0.2, 0.25) is 11.8 Å². The summed E-state index contributed by atoms with van der Waals surface area (Å²) >= 11 is 3.52. The van der Waals surface area contributed by atoms with Crippen LogP contribution in [0.3, 0.4) is 0 Å². The Morgan fingerprint density at radius 2 is 2.00 bits per heavy atom. The van der Waals surface area contributed by atoms with Crippen LogP contribution in [0.4, 0.5) is 0 Å². The van der Waals surface area contributed by atoms with Crippen molar-refractivity contribution in [2.75, 3.05) is 6.54 Å². The Hall–Kier alpha value is -1.20. The highest BCUT2D eigenvalue weighted by Crippen LogP contribution is 2.24. The number of aromatic nitrogens is 2. The van der Waals surface area contributed by atoms with Crippen LogP contribution < -0.4 is 5.32 Å². The van der Waals surface area contributed by atoms with Crippen LogP contribution in [0.15, 0.2) is 27.1 Å². The Morgan fingerprint density at radius 1 is 1.24 bits per heavy atom. The molecule has 0 spiro atoms. The zero-order valence-corrected chi connectivity index (χ0v) is 14.6. The smallest absolute Gasteiger partial charge is 0.247 e. The van der Waals surface area contributed by atoms with Gasteiger partial charge in [0, 0.05) is 22.0 Å². The monoisotopic (exact) mass is 351 g/mol. The topological polar surface area (TPSA) is 51.0 Å². The van der Waals surface area contributed by atoms with Crippen LogP contribution in [-0.4, -0.2) is 22.3 Å². The number of nitrogens with zero attached hydrogens (tertiary/aromatic N) is 2. The van der Waals surface area contributed by atoms with E-state index in [9.17, 15) is 0 Å². The number of aryl methyl sites for hydroxylation is 2. The van der Waals surface area contributed by atoms with Crippen LogP contribution in [0.25, 0.3) is 11.5 Å². The molecule has 0 bridgehead atoms. The molecule has 114 valence electrons. The maximum atomic E-state index is 5.73. The van der Waals surface area contributed by atoms with Gasteiger partial charge in [0.15, 0.2) is 0 Å². The van der Waals surface area contributed by atoms with Gasteiger partial charge in [-0.05, 0) is 58.4 Å². The van der Waals surface area contributed by atoms with E-state index in [1.54, 1.807) is 0 Å². The van der Waals surface area contributed by atoms with Gasteiger partial charge in [-0.2, -0.15) is 0 Å². The molecule has 0 saturated heterocycles. The normalized spacial score (nSPS) is 11.9. The predicted molar refractivity (Wildman–Crippen MR) is 88.2 cm³/mol. The molecule has 0 radical (unpaired) electrons. The summed E-state index contributed by atoms with van der Waals surface area (Å²) in [7, 11) is 0. The Bertz CT molecular complexity index is 602. The van der Waals surface area contributed by atoms with Crippen molar-refractivity contribution in [3.63, 3.8) is 0 Å². The van der Waals surface area contributed by atoms with E-state index in [1.165, 1.54) is 5.56 Å². The van der Waals surface area contributed by atoms with Crippen LogP contribution in [0.1, 0.15) is 38.6 Å². The van der Waals surface area contributed by atoms with E-state index < -0.39 is 0 Å². The summed E-state index contributed by atoms with van der Waals surface area (Å²) in [6.07, 6.45) is 1.78.